The Morgan fingerprint density at radius 3 is 2.26 bits per heavy atom. The topological polar surface area (TPSA) is 81.1 Å². The van der Waals surface area contributed by atoms with Crippen molar-refractivity contribution < 1.29 is 13.2 Å². The van der Waals surface area contributed by atoms with E-state index < -0.39 is 10.0 Å². The molecular weight excluding hydrogens is 494 g/mol. The van der Waals surface area contributed by atoms with Gasteiger partial charge in [0.15, 0.2) is 5.65 Å². The zero-order valence-corrected chi connectivity index (χ0v) is 22.8. The summed E-state index contributed by atoms with van der Waals surface area (Å²) in [6, 6.07) is 21.5. The fraction of sp³-hybridized carbons (Fsp3) is 0.290. The van der Waals surface area contributed by atoms with E-state index in [1.54, 1.807) is 48.7 Å². The largest absolute Gasteiger partial charge is 0.347 e. The SMILES string of the molecule is CC(C)(C)NC(=O)c1ccc(C(=CC2CCCC2)c2cc3cccnc3n2S(=O)(=O)c2ccccc2)cc1. The van der Waals surface area contributed by atoms with E-state index in [9.17, 15) is 13.2 Å². The number of amides is 1. The first kappa shape index (κ1) is 25.9. The minimum atomic E-state index is -3.93. The Morgan fingerprint density at radius 2 is 1.61 bits per heavy atom. The van der Waals surface area contributed by atoms with E-state index in [1.807, 2.05) is 51.1 Å². The molecular formula is C31H33N3O3S. The number of fused-ring (bicyclic) bond motifs is 1. The number of pyridine rings is 1. The van der Waals surface area contributed by atoms with Gasteiger partial charge in [0.05, 0.1) is 10.6 Å². The molecule has 1 aliphatic carbocycles. The van der Waals surface area contributed by atoms with Crippen molar-refractivity contribution >= 4 is 32.5 Å². The molecule has 0 saturated heterocycles. The summed E-state index contributed by atoms with van der Waals surface area (Å²) in [5.74, 6) is 0.211. The van der Waals surface area contributed by atoms with Crippen molar-refractivity contribution in [3.63, 3.8) is 0 Å². The number of nitrogens with one attached hydrogen (secondary N) is 1. The van der Waals surface area contributed by atoms with Gasteiger partial charge in [0.1, 0.15) is 0 Å². The molecule has 0 unspecified atom stereocenters. The van der Waals surface area contributed by atoms with Crippen LogP contribution >= 0.6 is 0 Å². The van der Waals surface area contributed by atoms with Crippen LogP contribution in [0.5, 0.6) is 0 Å². The highest BCUT2D eigenvalue weighted by atomic mass is 32.2. The van der Waals surface area contributed by atoms with Gasteiger partial charge in [0.25, 0.3) is 15.9 Å². The predicted octanol–water partition coefficient (Wildman–Crippen LogP) is 6.42. The first-order chi connectivity index (χ1) is 18.1. The van der Waals surface area contributed by atoms with Crippen LogP contribution in [0.1, 0.15) is 68.1 Å². The molecule has 7 heteroatoms. The molecule has 0 atom stereocenters. The molecule has 2 heterocycles. The van der Waals surface area contributed by atoms with Gasteiger partial charge in [-0.2, -0.15) is 0 Å². The molecule has 2 aromatic carbocycles. The molecule has 4 aromatic rings. The van der Waals surface area contributed by atoms with E-state index in [2.05, 4.69) is 16.4 Å². The lowest BCUT2D eigenvalue weighted by atomic mass is 9.95. The molecule has 1 saturated carbocycles. The van der Waals surface area contributed by atoms with Crippen molar-refractivity contribution in [2.75, 3.05) is 0 Å². The molecule has 0 aliphatic heterocycles. The molecule has 0 radical (unpaired) electrons. The number of benzene rings is 2. The average Bonchev–Trinajstić information content (AvgIpc) is 3.55. The highest BCUT2D eigenvalue weighted by Crippen LogP contribution is 2.36. The van der Waals surface area contributed by atoms with E-state index in [1.165, 1.54) is 3.97 Å². The monoisotopic (exact) mass is 527 g/mol. The second-order valence-corrected chi connectivity index (χ2v) is 12.7. The Morgan fingerprint density at radius 1 is 0.947 bits per heavy atom. The zero-order chi connectivity index (χ0) is 26.9. The number of carbonyl (C=O) groups is 1. The molecule has 6 nitrogen and oxygen atoms in total. The minimum Gasteiger partial charge on any atom is -0.347 e. The van der Waals surface area contributed by atoms with Crippen LogP contribution in [0.3, 0.4) is 0 Å². The Hall–Kier alpha value is -3.71. The van der Waals surface area contributed by atoms with Gasteiger partial charge in [0, 0.05) is 28.3 Å². The standard InChI is InChI=1S/C31H33N3O3S/c1-31(2,3)33-30(35)24-17-15-23(16-18-24)27(20-22-10-7-8-11-22)28-21-25-12-9-19-32-29(25)34(28)38(36,37)26-13-5-4-6-14-26/h4-6,9,12-22H,7-8,10-11H2,1-3H3,(H,33,35). The van der Waals surface area contributed by atoms with Crippen molar-refractivity contribution in [3.05, 3.63) is 102 Å². The third-order valence-electron chi connectivity index (χ3n) is 6.83. The predicted molar refractivity (Wildman–Crippen MR) is 151 cm³/mol. The second-order valence-electron chi connectivity index (χ2n) is 10.9. The summed E-state index contributed by atoms with van der Waals surface area (Å²) >= 11 is 0. The zero-order valence-electron chi connectivity index (χ0n) is 22.0. The summed E-state index contributed by atoms with van der Waals surface area (Å²) in [5, 5.41) is 3.74. The van der Waals surface area contributed by atoms with Crippen molar-refractivity contribution in [1.82, 2.24) is 14.3 Å². The summed E-state index contributed by atoms with van der Waals surface area (Å²) in [7, 11) is -3.93. The summed E-state index contributed by atoms with van der Waals surface area (Å²) in [4.78, 5) is 17.4. The Bertz CT molecular complexity index is 1590. The number of carbonyl (C=O) groups excluding carboxylic acids is 1. The van der Waals surface area contributed by atoms with Gasteiger partial charge in [-0.1, -0.05) is 49.2 Å². The Balaban J connectivity index is 1.68. The number of rotatable bonds is 6. The first-order valence-corrected chi connectivity index (χ1v) is 14.5. The Labute approximate surface area is 224 Å². The van der Waals surface area contributed by atoms with Crippen molar-refractivity contribution in [3.8, 4) is 0 Å². The van der Waals surface area contributed by atoms with E-state index in [4.69, 9.17) is 0 Å². The number of hydrogen-bond donors (Lipinski definition) is 1. The highest BCUT2D eigenvalue weighted by Gasteiger charge is 2.27. The number of aromatic nitrogens is 2. The third-order valence-corrected chi connectivity index (χ3v) is 8.54. The molecule has 1 amide bonds. The third kappa shape index (κ3) is 5.29. The first-order valence-electron chi connectivity index (χ1n) is 13.1. The van der Waals surface area contributed by atoms with Crippen molar-refractivity contribution in [2.45, 2.75) is 56.9 Å². The molecule has 1 fully saturated rings. The van der Waals surface area contributed by atoms with E-state index in [-0.39, 0.29) is 16.3 Å². The van der Waals surface area contributed by atoms with Gasteiger partial charge in [-0.3, -0.25) is 4.79 Å². The maximum absolute atomic E-state index is 14.0. The molecule has 2 aromatic heterocycles. The van der Waals surface area contributed by atoms with Crippen LogP contribution in [-0.4, -0.2) is 28.8 Å². The minimum absolute atomic E-state index is 0.143. The lowest BCUT2D eigenvalue weighted by Gasteiger charge is -2.20. The lowest BCUT2D eigenvalue weighted by molar-refractivity contribution is 0.0919. The smallest absolute Gasteiger partial charge is 0.269 e. The van der Waals surface area contributed by atoms with Crippen LogP contribution in [0, 0.1) is 5.92 Å². The summed E-state index contributed by atoms with van der Waals surface area (Å²) in [6.45, 7) is 5.84. The Kier molecular flexibility index (Phi) is 6.97. The van der Waals surface area contributed by atoms with Gasteiger partial charge < -0.3 is 5.32 Å². The van der Waals surface area contributed by atoms with E-state index in [0.717, 1.165) is 42.2 Å². The maximum atomic E-state index is 14.0. The van der Waals surface area contributed by atoms with Crippen LogP contribution in [0.15, 0.2) is 90.0 Å². The van der Waals surface area contributed by atoms with Gasteiger partial charge in [-0.05, 0) is 87.6 Å². The van der Waals surface area contributed by atoms with Crippen LogP contribution in [0.4, 0.5) is 0 Å². The van der Waals surface area contributed by atoms with Gasteiger partial charge >= 0.3 is 0 Å². The van der Waals surface area contributed by atoms with Crippen molar-refractivity contribution in [2.24, 2.45) is 5.92 Å². The van der Waals surface area contributed by atoms with Gasteiger partial charge in [-0.25, -0.2) is 17.4 Å². The van der Waals surface area contributed by atoms with Gasteiger partial charge in [0.2, 0.25) is 0 Å². The molecule has 0 spiro atoms. The van der Waals surface area contributed by atoms with Crippen molar-refractivity contribution in [1.29, 1.82) is 0 Å². The fourth-order valence-corrected chi connectivity index (χ4v) is 6.55. The quantitative estimate of drug-likeness (QED) is 0.314. The van der Waals surface area contributed by atoms with Crippen LogP contribution < -0.4 is 5.32 Å². The highest BCUT2D eigenvalue weighted by molar-refractivity contribution is 7.90. The molecule has 0 bridgehead atoms. The molecule has 38 heavy (non-hydrogen) atoms. The summed E-state index contributed by atoms with van der Waals surface area (Å²) < 4.78 is 29.4. The van der Waals surface area contributed by atoms with E-state index >= 15 is 0 Å². The molecule has 1 N–H and O–H groups in total. The summed E-state index contributed by atoms with van der Waals surface area (Å²) in [6.07, 6.45) is 8.29. The average molecular weight is 528 g/mol. The van der Waals surface area contributed by atoms with Crippen LogP contribution in [0.2, 0.25) is 0 Å². The van der Waals surface area contributed by atoms with Crippen LogP contribution in [-0.2, 0) is 10.0 Å². The molecule has 1 aliphatic rings. The normalized spacial score (nSPS) is 15.2. The van der Waals surface area contributed by atoms with Crippen LogP contribution in [0.25, 0.3) is 16.6 Å². The second kappa shape index (κ2) is 10.2. The molecule has 196 valence electrons. The molecule has 5 rings (SSSR count). The lowest BCUT2D eigenvalue weighted by Crippen LogP contribution is -2.40. The van der Waals surface area contributed by atoms with E-state index in [0.29, 0.717) is 22.8 Å². The summed E-state index contributed by atoms with van der Waals surface area (Å²) in [5.41, 5.74) is 2.87. The maximum Gasteiger partial charge on any atom is 0.269 e. The number of hydrogen-bond acceptors (Lipinski definition) is 4. The van der Waals surface area contributed by atoms with Gasteiger partial charge in [-0.15, -0.1) is 0 Å². The number of nitrogens with zero attached hydrogens (tertiary/aromatic N) is 2. The number of allylic oxidation sites excluding steroid dienone is 1. The fourth-order valence-electron chi connectivity index (χ4n) is 5.04.